The molecule has 0 aliphatic heterocycles. The van der Waals surface area contributed by atoms with Crippen LogP contribution in [0.25, 0.3) is 0 Å². The Bertz CT molecular complexity index is 330. The van der Waals surface area contributed by atoms with Gasteiger partial charge in [-0.1, -0.05) is 0 Å². The largest absolute Gasteiger partial charge is 0.433 e. The summed E-state index contributed by atoms with van der Waals surface area (Å²) < 4.78 is 62.1. The van der Waals surface area contributed by atoms with Crippen molar-refractivity contribution < 1.29 is 22.0 Å². The van der Waals surface area contributed by atoms with Gasteiger partial charge in [-0.15, -0.1) is 0 Å². The van der Waals surface area contributed by atoms with E-state index in [1.807, 2.05) is 0 Å². The van der Waals surface area contributed by atoms with Gasteiger partial charge in [-0.05, 0) is 0 Å². The zero-order valence-corrected chi connectivity index (χ0v) is 7.41. The highest BCUT2D eigenvalue weighted by atomic mass is 19.4. The maximum Gasteiger partial charge on any atom is 0.433 e. The fourth-order valence-corrected chi connectivity index (χ4v) is 1.04. The third kappa shape index (κ3) is 2.88. The number of nitrogens with one attached hydrogen (secondary N) is 1. The molecule has 0 bridgehead atoms. The van der Waals surface area contributed by atoms with E-state index in [0.29, 0.717) is 0 Å². The maximum absolute atomic E-state index is 12.8. The first kappa shape index (κ1) is 11.9. The molecule has 8 heteroatoms. The minimum Gasteiger partial charge on any atom is -0.325 e. The van der Waals surface area contributed by atoms with Crippen molar-refractivity contribution >= 4 is 0 Å². The second kappa shape index (κ2) is 3.76. The van der Waals surface area contributed by atoms with E-state index in [2.05, 4.69) is 5.10 Å². The van der Waals surface area contributed by atoms with Gasteiger partial charge in [0, 0.05) is 12.0 Å². The maximum atomic E-state index is 12.8. The van der Waals surface area contributed by atoms with Crippen LogP contribution in [-0.4, -0.2) is 22.7 Å². The smallest absolute Gasteiger partial charge is 0.325 e. The number of aromatic nitrogens is 2. The molecule has 3 nitrogen and oxygen atoms in total. The number of alkyl halides is 5. The average Bonchev–Trinajstić information content (AvgIpc) is 2.50. The molecule has 0 atom stereocenters. The normalized spacial score (nSPS) is 13.2. The Morgan fingerprint density at radius 1 is 1.27 bits per heavy atom. The van der Waals surface area contributed by atoms with Gasteiger partial charge in [0.05, 0.1) is 12.7 Å². The summed E-state index contributed by atoms with van der Waals surface area (Å²) in [6.07, 6.45) is -5.06. The molecule has 15 heavy (non-hydrogen) atoms. The predicted octanol–water partition coefficient (Wildman–Crippen LogP) is 1.56. The number of hydrogen-bond donors (Lipinski definition) is 2. The van der Waals surface area contributed by atoms with Crippen LogP contribution in [-0.2, 0) is 12.6 Å². The molecule has 1 heterocycles. The topological polar surface area (TPSA) is 54.7 Å². The standard InChI is InChI=1S/C7H8F5N3/c8-6(9,3-13)1-4-2-14-15-5(4)7(10,11)12/h2H,1,3,13H2,(H,14,15). The average molecular weight is 229 g/mol. The van der Waals surface area contributed by atoms with Crippen molar-refractivity contribution in [2.24, 2.45) is 5.73 Å². The number of aromatic amines is 1. The van der Waals surface area contributed by atoms with Crippen molar-refractivity contribution in [2.75, 3.05) is 6.54 Å². The van der Waals surface area contributed by atoms with Crippen molar-refractivity contribution in [2.45, 2.75) is 18.5 Å². The van der Waals surface area contributed by atoms with Crippen LogP contribution < -0.4 is 5.73 Å². The molecule has 0 aliphatic carbocycles. The van der Waals surface area contributed by atoms with Crippen molar-refractivity contribution in [1.29, 1.82) is 0 Å². The molecular weight excluding hydrogens is 221 g/mol. The van der Waals surface area contributed by atoms with Crippen molar-refractivity contribution in [1.82, 2.24) is 10.2 Å². The summed E-state index contributed by atoms with van der Waals surface area (Å²) in [6.45, 7) is -1.00. The first-order chi connectivity index (χ1) is 6.76. The number of hydrogen-bond acceptors (Lipinski definition) is 2. The summed E-state index contributed by atoms with van der Waals surface area (Å²) in [5.74, 6) is -3.36. The predicted molar refractivity (Wildman–Crippen MR) is 41.3 cm³/mol. The van der Waals surface area contributed by atoms with Crippen LogP contribution in [0.3, 0.4) is 0 Å². The number of halogens is 5. The molecule has 1 aromatic rings. The fraction of sp³-hybridized carbons (Fsp3) is 0.571. The Hall–Kier alpha value is -1.18. The summed E-state index contributed by atoms with van der Waals surface area (Å²) in [6, 6.07) is 0. The lowest BCUT2D eigenvalue weighted by molar-refractivity contribution is -0.142. The number of nitrogens with zero attached hydrogens (tertiary/aromatic N) is 1. The van der Waals surface area contributed by atoms with Gasteiger partial charge in [-0.2, -0.15) is 18.3 Å². The van der Waals surface area contributed by atoms with Crippen molar-refractivity contribution in [3.8, 4) is 0 Å². The Kier molecular flexibility index (Phi) is 2.98. The molecular formula is C7H8F5N3. The Balaban J connectivity index is 2.92. The number of nitrogens with two attached hydrogens (primary N) is 1. The van der Waals surface area contributed by atoms with Gasteiger partial charge in [-0.3, -0.25) is 5.10 Å². The number of rotatable bonds is 3. The molecule has 0 saturated heterocycles. The molecule has 0 spiro atoms. The van der Waals surface area contributed by atoms with Gasteiger partial charge in [0.15, 0.2) is 0 Å². The van der Waals surface area contributed by atoms with Crippen molar-refractivity contribution in [3.05, 3.63) is 17.5 Å². The van der Waals surface area contributed by atoms with E-state index in [4.69, 9.17) is 5.73 Å². The monoisotopic (exact) mass is 229 g/mol. The zero-order valence-electron chi connectivity index (χ0n) is 7.41. The lowest BCUT2D eigenvalue weighted by Crippen LogP contribution is -2.30. The van der Waals surface area contributed by atoms with E-state index in [9.17, 15) is 22.0 Å². The highest BCUT2D eigenvalue weighted by Crippen LogP contribution is 2.32. The summed E-state index contributed by atoms with van der Waals surface area (Å²) >= 11 is 0. The molecule has 3 N–H and O–H groups in total. The zero-order chi connectivity index (χ0) is 11.7. The Morgan fingerprint density at radius 3 is 2.33 bits per heavy atom. The Labute approximate surface area is 81.5 Å². The first-order valence-electron chi connectivity index (χ1n) is 3.93. The molecule has 0 saturated carbocycles. The van der Waals surface area contributed by atoms with E-state index < -0.39 is 36.3 Å². The van der Waals surface area contributed by atoms with E-state index in [0.717, 1.165) is 6.20 Å². The summed E-state index contributed by atoms with van der Waals surface area (Å²) in [7, 11) is 0. The minimum absolute atomic E-state index is 0.585. The van der Waals surface area contributed by atoms with Crippen molar-refractivity contribution in [3.63, 3.8) is 0 Å². The van der Waals surface area contributed by atoms with E-state index in [-0.39, 0.29) is 0 Å². The molecule has 1 rings (SSSR count). The quantitative estimate of drug-likeness (QED) is 0.773. The highest BCUT2D eigenvalue weighted by molar-refractivity contribution is 5.20. The Morgan fingerprint density at radius 2 is 1.87 bits per heavy atom. The van der Waals surface area contributed by atoms with Crippen LogP contribution in [0, 0.1) is 0 Å². The van der Waals surface area contributed by atoms with Gasteiger partial charge in [0.1, 0.15) is 5.69 Å². The summed E-state index contributed by atoms with van der Waals surface area (Å²) in [5.41, 5.74) is 2.88. The van der Waals surface area contributed by atoms with Crippen LogP contribution in [0.1, 0.15) is 11.3 Å². The second-order valence-electron chi connectivity index (χ2n) is 3.00. The van der Waals surface area contributed by atoms with Gasteiger partial charge in [0.2, 0.25) is 0 Å². The number of H-pyrrole nitrogens is 1. The second-order valence-corrected chi connectivity index (χ2v) is 3.00. The highest BCUT2D eigenvalue weighted by Gasteiger charge is 2.38. The van der Waals surface area contributed by atoms with E-state index >= 15 is 0 Å². The summed E-state index contributed by atoms with van der Waals surface area (Å²) in [4.78, 5) is 0. The molecule has 0 radical (unpaired) electrons. The third-order valence-corrected chi connectivity index (χ3v) is 1.75. The van der Waals surface area contributed by atoms with Crippen LogP contribution in [0.5, 0.6) is 0 Å². The molecule has 0 unspecified atom stereocenters. The van der Waals surface area contributed by atoms with Gasteiger partial charge >= 0.3 is 6.18 Å². The molecule has 0 amide bonds. The molecule has 1 aromatic heterocycles. The van der Waals surface area contributed by atoms with E-state index in [1.54, 1.807) is 5.10 Å². The van der Waals surface area contributed by atoms with Crippen LogP contribution in [0.2, 0.25) is 0 Å². The third-order valence-electron chi connectivity index (χ3n) is 1.75. The van der Waals surface area contributed by atoms with Gasteiger partial charge < -0.3 is 5.73 Å². The van der Waals surface area contributed by atoms with Crippen LogP contribution >= 0.6 is 0 Å². The van der Waals surface area contributed by atoms with Gasteiger partial charge in [0.25, 0.3) is 5.92 Å². The SMILES string of the molecule is NCC(F)(F)Cc1cn[nH]c1C(F)(F)F. The minimum atomic E-state index is -4.71. The van der Waals surface area contributed by atoms with Crippen LogP contribution in [0.15, 0.2) is 6.20 Å². The van der Waals surface area contributed by atoms with Gasteiger partial charge in [-0.25, -0.2) is 8.78 Å². The molecule has 86 valence electrons. The molecule has 0 aromatic carbocycles. The molecule has 0 aliphatic rings. The first-order valence-corrected chi connectivity index (χ1v) is 3.93. The lowest BCUT2D eigenvalue weighted by atomic mass is 10.1. The lowest BCUT2D eigenvalue weighted by Gasteiger charge is -2.14. The molecule has 0 fully saturated rings. The fourth-order valence-electron chi connectivity index (χ4n) is 1.04. The van der Waals surface area contributed by atoms with E-state index in [1.165, 1.54) is 0 Å². The van der Waals surface area contributed by atoms with Crippen LogP contribution in [0.4, 0.5) is 22.0 Å². The summed E-state index contributed by atoms with van der Waals surface area (Å²) in [5, 5.41) is 4.73.